The van der Waals surface area contributed by atoms with Crippen molar-refractivity contribution in [3.63, 3.8) is 0 Å². The number of hydrogen-bond donors (Lipinski definition) is 2. The Hall–Kier alpha value is -0.700. The van der Waals surface area contributed by atoms with Crippen LogP contribution in [0.4, 0.5) is 0 Å². The van der Waals surface area contributed by atoms with Gasteiger partial charge in [-0.3, -0.25) is 4.99 Å². The fourth-order valence-corrected chi connectivity index (χ4v) is 0.680. The lowest BCUT2D eigenvalue weighted by Gasteiger charge is -2.08. The second-order valence-electron chi connectivity index (χ2n) is 2.83. The van der Waals surface area contributed by atoms with Gasteiger partial charge in [-0.2, -0.15) is 0 Å². The summed E-state index contributed by atoms with van der Waals surface area (Å²) in [6.45, 7) is 6.60. The highest BCUT2D eigenvalue weighted by Crippen LogP contribution is 1.82. The molecule has 0 aromatic carbocycles. The molecular formula is C8H17N3. The summed E-state index contributed by atoms with van der Waals surface area (Å²) in [6.07, 6.45) is 0. The lowest BCUT2D eigenvalue weighted by Crippen LogP contribution is -2.32. The quantitative estimate of drug-likeness (QED) is 0.587. The van der Waals surface area contributed by atoms with Crippen molar-refractivity contribution >= 4 is 11.4 Å². The second kappa shape index (κ2) is 5.02. The number of nitrogens with one attached hydrogen (secondary N) is 2. The van der Waals surface area contributed by atoms with Gasteiger partial charge in [0.05, 0.1) is 11.4 Å². The molecule has 0 aliphatic rings. The first-order valence-electron chi connectivity index (χ1n) is 3.82. The molecule has 0 unspecified atom stereocenters. The monoisotopic (exact) mass is 155 g/mol. The van der Waals surface area contributed by atoms with E-state index in [-0.39, 0.29) is 0 Å². The van der Waals surface area contributed by atoms with E-state index in [0.717, 1.165) is 5.71 Å². The molecule has 0 saturated carbocycles. The van der Waals surface area contributed by atoms with Crippen LogP contribution in [0, 0.1) is 5.41 Å². The van der Waals surface area contributed by atoms with Crippen LogP contribution in [0.5, 0.6) is 0 Å². The third kappa shape index (κ3) is 4.67. The Morgan fingerprint density at radius 2 is 2.09 bits per heavy atom. The number of rotatable bonds is 4. The van der Waals surface area contributed by atoms with Crippen LogP contribution < -0.4 is 5.32 Å². The Kier molecular flexibility index (Phi) is 4.70. The largest absolute Gasteiger partial charge is 0.309 e. The maximum Gasteiger partial charge on any atom is 0.0687 e. The molecule has 0 fully saturated rings. The van der Waals surface area contributed by atoms with Gasteiger partial charge in [0.15, 0.2) is 0 Å². The first-order chi connectivity index (χ1) is 5.07. The average Bonchev–Trinajstić information content (AvgIpc) is 1.87. The number of aliphatic imine (C=N–C) groups is 1. The first kappa shape index (κ1) is 10.3. The van der Waals surface area contributed by atoms with Crippen LogP contribution in [0.2, 0.25) is 0 Å². The summed E-state index contributed by atoms with van der Waals surface area (Å²) < 4.78 is 0. The lowest BCUT2D eigenvalue weighted by atomic mass is 10.2. The normalized spacial score (nSPS) is 12.3. The fourth-order valence-electron chi connectivity index (χ4n) is 0.680. The maximum atomic E-state index is 7.33. The smallest absolute Gasteiger partial charge is 0.0687 e. The van der Waals surface area contributed by atoms with Crippen LogP contribution in [-0.2, 0) is 0 Å². The van der Waals surface area contributed by atoms with Crippen LogP contribution in [0.3, 0.4) is 0 Å². The van der Waals surface area contributed by atoms with Crippen LogP contribution >= 0.6 is 0 Å². The average molecular weight is 155 g/mol. The van der Waals surface area contributed by atoms with Gasteiger partial charge in [-0.15, -0.1) is 0 Å². The summed E-state index contributed by atoms with van der Waals surface area (Å²) in [5.74, 6) is 0. The molecule has 3 heteroatoms. The molecular weight excluding hydrogens is 138 g/mol. The van der Waals surface area contributed by atoms with Crippen molar-refractivity contribution in [2.45, 2.75) is 26.8 Å². The van der Waals surface area contributed by atoms with Crippen LogP contribution in [0.15, 0.2) is 4.99 Å². The highest BCUT2D eigenvalue weighted by Gasteiger charge is 2.00. The van der Waals surface area contributed by atoms with E-state index in [2.05, 4.69) is 24.2 Å². The van der Waals surface area contributed by atoms with Crippen molar-refractivity contribution in [1.82, 2.24) is 5.32 Å². The predicted octanol–water partition coefficient (Wildman–Crippen LogP) is 1.09. The molecule has 0 radical (unpaired) electrons. The van der Waals surface area contributed by atoms with Crippen molar-refractivity contribution in [1.29, 1.82) is 5.41 Å². The molecule has 0 bridgehead atoms. The Bertz CT molecular complexity index is 159. The Morgan fingerprint density at radius 3 is 2.36 bits per heavy atom. The Morgan fingerprint density at radius 1 is 1.55 bits per heavy atom. The third-order valence-corrected chi connectivity index (χ3v) is 1.38. The van der Waals surface area contributed by atoms with Gasteiger partial charge in [0.1, 0.15) is 0 Å². The van der Waals surface area contributed by atoms with Crippen molar-refractivity contribution in [2.24, 2.45) is 4.99 Å². The van der Waals surface area contributed by atoms with E-state index in [0.29, 0.717) is 18.3 Å². The first-order valence-corrected chi connectivity index (χ1v) is 3.82. The summed E-state index contributed by atoms with van der Waals surface area (Å²) in [5.41, 5.74) is 1.37. The minimum atomic E-state index is 0.450. The molecule has 0 heterocycles. The minimum Gasteiger partial charge on any atom is -0.309 e. The zero-order valence-corrected chi connectivity index (χ0v) is 7.73. The molecule has 0 rings (SSSR count). The van der Waals surface area contributed by atoms with E-state index < -0.39 is 0 Å². The SMILES string of the molecule is CN=C(CNC(C)C)C(C)=N. The molecule has 3 nitrogen and oxygen atoms in total. The van der Waals surface area contributed by atoms with Gasteiger partial charge < -0.3 is 10.7 Å². The van der Waals surface area contributed by atoms with Crippen molar-refractivity contribution < 1.29 is 0 Å². The van der Waals surface area contributed by atoms with E-state index in [9.17, 15) is 0 Å². The zero-order valence-electron chi connectivity index (χ0n) is 7.73. The van der Waals surface area contributed by atoms with Crippen molar-refractivity contribution in [3.8, 4) is 0 Å². The summed E-state index contributed by atoms with van der Waals surface area (Å²) in [4.78, 5) is 3.99. The zero-order chi connectivity index (χ0) is 8.85. The molecule has 11 heavy (non-hydrogen) atoms. The van der Waals surface area contributed by atoms with Crippen LogP contribution in [0.1, 0.15) is 20.8 Å². The minimum absolute atomic E-state index is 0.450. The van der Waals surface area contributed by atoms with Crippen molar-refractivity contribution in [3.05, 3.63) is 0 Å². The fraction of sp³-hybridized carbons (Fsp3) is 0.750. The molecule has 0 aliphatic heterocycles. The molecule has 64 valence electrons. The predicted molar refractivity (Wildman–Crippen MR) is 49.9 cm³/mol. The summed E-state index contributed by atoms with van der Waals surface area (Å²) >= 11 is 0. The highest BCUT2D eigenvalue weighted by atomic mass is 14.9. The third-order valence-electron chi connectivity index (χ3n) is 1.38. The molecule has 0 atom stereocenters. The Labute approximate surface area is 68.4 Å². The van der Waals surface area contributed by atoms with Gasteiger partial charge in [0.2, 0.25) is 0 Å². The number of hydrogen-bond acceptors (Lipinski definition) is 3. The van der Waals surface area contributed by atoms with Gasteiger partial charge in [0.25, 0.3) is 0 Å². The molecule has 0 amide bonds. The highest BCUT2D eigenvalue weighted by molar-refractivity contribution is 6.41. The molecule has 0 spiro atoms. The topological polar surface area (TPSA) is 48.2 Å². The molecule has 0 aromatic rings. The van der Waals surface area contributed by atoms with Gasteiger partial charge in [0, 0.05) is 19.6 Å². The van der Waals surface area contributed by atoms with E-state index >= 15 is 0 Å². The summed E-state index contributed by atoms with van der Waals surface area (Å²) in [5, 5.41) is 10.5. The van der Waals surface area contributed by atoms with E-state index in [1.807, 2.05) is 0 Å². The summed E-state index contributed by atoms with van der Waals surface area (Å²) in [7, 11) is 1.72. The lowest BCUT2D eigenvalue weighted by molar-refractivity contribution is 0.644. The molecule has 0 aliphatic carbocycles. The molecule has 0 saturated heterocycles. The maximum absolute atomic E-state index is 7.33. The summed E-state index contributed by atoms with van der Waals surface area (Å²) in [6, 6.07) is 0.450. The standard InChI is InChI=1S/C8H17N3/c1-6(2)11-5-8(10-4)7(3)9/h6,9,11H,5H2,1-4H3. The van der Waals surface area contributed by atoms with Gasteiger partial charge in [-0.05, 0) is 6.92 Å². The van der Waals surface area contributed by atoms with Crippen LogP contribution in [0.25, 0.3) is 0 Å². The Balaban J connectivity index is 3.82. The van der Waals surface area contributed by atoms with Crippen LogP contribution in [-0.4, -0.2) is 31.1 Å². The second-order valence-corrected chi connectivity index (χ2v) is 2.83. The van der Waals surface area contributed by atoms with E-state index in [1.165, 1.54) is 0 Å². The van der Waals surface area contributed by atoms with Crippen molar-refractivity contribution in [2.75, 3.05) is 13.6 Å². The van der Waals surface area contributed by atoms with E-state index in [4.69, 9.17) is 5.41 Å². The van der Waals surface area contributed by atoms with Gasteiger partial charge in [-0.25, -0.2) is 0 Å². The number of nitrogens with zero attached hydrogens (tertiary/aromatic N) is 1. The van der Waals surface area contributed by atoms with Gasteiger partial charge >= 0.3 is 0 Å². The molecule has 0 aromatic heterocycles. The molecule has 2 N–H and O–H groups in total. The van der Waals surface area contributed by atoms with E-state index in [1.54, 1.807) is 14.0 Å². The van der Waals surface area contributed by atoms with Gasteiger partial charge in [-0.1, -0.05) is 13.8 Å².